The van der Waals surface area contributed by atoms with Crippen molar-refractivity contribution in [3.05, 3.63) is 59.4 Å². The molecule has 1 saturated heterocycles. The van der Waals surface area contributed by atoms with Crippen molar-refractivity contribution in [1.82, 2.24) is 14.8 Å². The predicted molar refractivity (Wildman–Crippen MR) is 103 cm³/mol. The normalized spacial score (nSPS) is 14.3. The molecule has 1 fully saturated rings. The lowest BCUT2D eigenvalue weighted by Gasteiger charge is -2.34. The third kappa shape index (κ3) is 5.22. The Morgan fingerprint density at radius 2 is 1.50 bits per heavy atom. The van der Waals surface area contributed by atoms with Crippen LogP contribution in [0.2, 0.25) is 5.02 Å². The molecule has 2 heterocycles. The van der Waals surface area contributed by atoms with Crippen molar-refractivity contribution in [1.29, 1.82) is 0 Å². The minimum absolute atomic E-state index is 0.0885. The number of carbonyl (C=O) groups is 2. The number of pyridine rings is 1. The van der Waals surface area contributed by atoms with Crippen LogP contribution < -0.4 is 0 Å². The summed E-state index contributed by atoms with van der Waals surface area (Å²) in [4.78, 5) is 33.4. The monoisotopic (exact) mass is 389 g/mol. The molecule has 0 aliphatic carbocycles. The van der Waals surface area contributed by atoms with E-state index in [-0.39, 0.29) is 11.8 Å². The van der Waals surface area contributed by atoms with Gasteiger partial charge >= 0.3 is 0 Å². The molecule has 0 bridgehead atoms. The average Bonchev–Trinajstić information content (AvgIpc) is 2.69. The van der Waals surface area contributed by atoms with Gasteiger partial charge in [-0.3, -0.25) is 14.6 Å². The number of nitrogens with zero attached hydrogens (tertiary/aromatic N) is 3. The van der Waals surface area contributed by atoms with Crippen LogP contribution in [0.5, 0.6) is 0 Å². The number of halogens is 1. The molecule has 3 rings (SSSR count). The Morgan fingerprint density at radius 1 is 0.923 bits per heavy atom. The van der Waals surface area contributed by atoms with Crippen molar-refractivity contribution in [2.24, 2.45) is 0 Å². The molecule has 1 aliphatic heterocycles. The fourth-order valence-electron chi connectivity index (χ4n) is 2.76. The predicted octanol–water partition coefficient (Wildman–Crippen LogP) is 2.74. The van der Waals surface area contributed by atoms with Crippen LogP contribution in [0.4, 0.5) is 0 Å². The lowest BCUT2D eigenvalue weighted by atomic mass is 10.1. The summed E-state index contributed by atoms with van der Waals surface area (Å²) in [6.45, 7) is 2.33. The molecule has 5 nitrogen and oxygen atoms in total. The fraction of sp³-hybridized carbons (Fsp3) is 0.316. The van der Waals surface area contributed by atoms with Crippen molar-refractivity contribution < 1.29 is 9.59 Å². The van der Waals surface area contributed by atoms with Gasteiger partial charge in [0.05, 0.1) is 12.2 Å². The Morgan fingerprint density at radius 3 is 2.12 bits per heavy atom. The van der Waals surface area contributed by atoms with Crippen LogP contribution in [0.25, 0.3) is 0 Å². The molecule has 2 aromatic rings. The Hall–Kier alpha value is -2.05. The van der Waals surface area contributed by atoms with Gasteiger partial charge in [0.15, 0.2) is 0 Å². The number of thioether (sulfide) groups is 1. The number of benzene rings is 1. The zero-order chi connectivity index (χ0) is 18.4. The van der Waals surface area contributed by atoms with E-state index >= 15 is 0 Å². The minimum Gasteiger partial charge on any atom is -0.339 e. The lowest BCUT2D eigenvalue weighted by molar-refractivity contribution is -0.137. The first-order chi connectivity index (χ1) is 12.6. The standard InChI is InChI=1S/C19H20ClN3O2S/c20-16-3-1-15(2-4-16)13-18(24)22-9-11-23(12-10-22)19(25)14-26-17-5-7-21-8-6-17/h1-8H,9-14H2. The van der Waals surface area contributed by atoms with Crippen LogP contribution in [0.3, 0.4) is 0 Å². The first kappa shape index (κ1) is 18.7. The average molecular weight is 390 g/mol. The Bertz CT molecular complexity index is 747. The summed E-state index contributed by atoms with van der Waals surface area (Å²) in [6.07, 6.45) is 3.80. The molecule has 0 unspecified atom stereocenters. The van der Waals surface area contributed by atoms with Crippen molar-refractivity contribution in [3.63, 3.8) is 0 Å². The molecule has 0 N–H and O–H groups in total. The summed E-state index contributed by atoms with van der Waals surface area (Å²) >= 11 is 7.38. The molecule has 0 spiro atoms. The fourth-order valence-corrected chi connectivity index (χ4v) is 3.68. The van der Waals surface area contributed by atoms with Gasteiger partial charge in [0, 0.05) is 48.5 Å². The number of hydrogen-bond donors (Lipinski definition) is 0. The summed E-state index contributed by atoms with van der Waals surface area (Å²) in [5.74, 6) is 0.602. The highest BCUT2D eigenvalue weighted by Gasteiger charge is 2.24. The molecule has 1 aromatic carbocycles. The largest absolute Gasteiger partial charge is 0.339 e. The Labute approximate surface area is 162 Å². The first-order valence-corrected chi connectivity index (χ1v) is 9.81. The van der Waals surface area contributed by atoms with E-state index in [1.165, 1.54) is 11.8 Å². The van der Waals surface area contributed by atoms with Crippen LogP contribution in [-0.2, 0) is 16.0 Å². The zero-order valence-corrected chi connectivity index (χ0v) is 15.9. The van der Waals surface area contributed by atoms with Crippen molar-refractivity contribution >= 4 is 35.2 Å². The van der Waals surface area contributed by atoms with E-state index in [9.17, 15) is 9.59 Å². The Balaban J connectivity index is 1.43. The quantitative estimate of drug-likeness (QED) is 0.738. The maximum atomic E-state index is 12.4. The second-order valence-corrected chi connectivity index (χ2v) is 7.52. The number of carbonyl (C=O) groups excluding carboxylic acids is 2. The van der Waals surface area contributed by atoms with E-state index in [0.29, 0.717) is 43.4 Å². The van der Waals surface area contributed by atoms with Crippen molar-refractivity contribution in [3.8, 4) is 0 Å². The molecular formula is C19H20ClN3O2S. The van der Waals surface area contributed by atoms with E-state index < -0.39 is 0 Å². The van der Waals surface area contributed by atoms with Crippen LogP contribution in [0, 0.1) is 0 Å². The third-order valence-corrected chi connectivity index (χ3v) is 5.51. The van der Waals surface area contributed by atoms with Crippen molar-refractivity contribution in [2.45, 2.75) is 11.3 Å². The Kier molecular flexibility index (Phi) is 6.52. The van der Waals surface area contributed by atoms with Gasteiger partial charge < -0.3 is 9.80 Å². The van der Waals surface area contributed by atoms with Gasteiger partial charge in [-0.1, -0.05) is 23.7 Å². The first-order valence-electron chi connectivity index (χ1n) is 8.44. The van der Waals surface area contributed by atoms with Crippen LogP contribution >= 0.6 is 23.4 Å². The SMILES string of the molecule is O=C(CSc1ccncc1)N1CCN(C(=O)Cc2ccc(Cl)cc2)CC1. The van der Waals surface area contributed by atoms with Gasteiger partial charge in [-0.05, 0) is 29.8 Å². The topological polar surface area (TPSA) is 53.5 Å². The number of aromatic nitrogens is 1. The third-order valence-electron chi connectivity index (χ3n) is 4.27. The molecule has 0 radical (unpaired) electrons. The van der Waals surface area contributed by atoms with Gasteiger partial charge in [-0.2, -0.15) is 0 Å². The van der Waals surface area contributed by atoms with Gasteiger partial charge in [0.25, 0.3) is 0 Å². The lowest BCUT2D eigenvalue weighted by Crippen LogP contribution is -2.51. The summed E-state index contributed by atoms with van der Waals surface area (Å²) in [7, 11) is 0. The number of piperazine rings is 1. The number of rotatable bonds is 5. The molecule has 0 atom stereocenters. The molecular weight excluding hydrogens is 370 g/mol. The minimum atomic E-state index is 0.0885. The summed E-state index contributed by atoms with van der Waals surface area (Å²) < 4.78 is 0. The summed E-state index contributed by atoms with van der Waals surface area (Å²) in [5.41, 5.74) is 0.951. The maximum Gasteiger partial charge on any atom is 0.233 e. The highest BCUT2D eigenvalue weighted by atomic mass is 35.5. The number of hydrogen-bond acceptors (Lipinski definition) is 4. The van der Waals surface area contributed by atoms with E-state index in [2.05, 4.69) is 4.98 Å². The van der Waals surface area contributed by atoms with Gasteiger partial charge in [0.2, 0.25) is 11.8 Å². The van der Waals surface area contributed by atoms with E-state index in [0.717, 1.165) is 10.5 Å². The second-order valence-electron chi connectivity index (χ2n) is 6.04. The molecule has 1 aromatic heterocycles. The van der Waals surface area contributed by atoms with Crippen LogP contribution in [-0.4, -0.2) is 58.5 Å². The van der Waals surface area contributed by atoms with Gasteiger partial charge in [-0.15, -0.1) is 11.8 Å². The van der Waals surface area contributed by atoms with Gasteiger partial charge in [-0.25, -0.2) is 0 Å². The molecule has 2 amide bonds. The highest BCUT2D eigenvalue weighted by Crippen LogP contribution is 2.17. The number of amides is 2. The van der Waals surface area contributed by atoms with Gasteiger partial charge in [0.1, 0.15) is 0 Å². The summed E-state index contributed by atoms with van der Waals surface area (Å²) in [6, 6.07) is 11.1. The van der Waals surface area contributed by atoms with Crippen molar-refractivity contribution in [2.75, 3.05) is 31.9 Å². The molecule has 0 saturated carbocycles. The van der Waals surface area contributed by atoms with Crippen LogP contribution in [0.15, 0.2) is 53.7 Å². The molecule has 26 heavy (non-hydrogen) atoms. The summed E-state index contributed by atoms with van der Waals surface area (Å²) in [5, 5.41) is 0.665. The van der Waals surface area contributed by atoms with E-state index in [1.54, 1.807) is 24.5 Å². The molecule has 136 valence electrons. The smallest absolute Gasteiger partial charge is 0.233 e. The molecule has 7 heteroatoms. The van der Waals surface area contributed by atoms with E-state index in [4.69, 9.17) is 11.6 Å². The molecule has 1 aliphatic rings. The maximum absolute atomic E-state index is 12.4. The van der Waals surface area contributed by atoms with E-state index in [1.807, 2.05) is 34.1 Å². The van der Waals surface area contributed by atoms with Crippen LogP contribution in [0.1, 0.15) is 5.56 Å². The zero-order valence-electron chi connectivity index (χ0n) is 14.3. The highest BCUT2D eigenvalue weighted by molar-refractivity contribution is 8.00. The second kappa shape index (κ2) is 9.05.